The molecule has 0 aliphatic heterocycles. The Morgan fingerprint density at radius 2 is 2.00 bits per heavy atom. The van der Waals surface area contributed by atoms with Crippen LogP contribution >= 0.6 is 0 Å². The summed E-state index contributed by atoms with van der Waals surface area (Å²) >= 11 is 0. The minimum absolute atomic E-state index is 0.541. The lowest BCUT2D eigenvalue weighted by Crippen LogP contribution is -2.11. The van der Waals surface area contributed by atoms with Crippen LogP contribution in [0.3, 0.4) is 0 Å². The fraction of sp³-hybridized carbons (Fsp3) is 0.714. The Labute approximate surface area is 54.6 Å². The van der Waals surface area contributed by atoms with Gasteiger partial charge in [-0.05, 0) is 26.3 Å². The van der Waals surface area contributed by atoms with Crippen LogP contribution in [0.2, 0.25) is 0 Å². The molecule has 0 amide bonds. The maximum absolute atomic E-state index is 12.5. The van der Waals surface area contributed by atoms with Gasteiger partial charge in [-0.25, -0.2) is 8.78 Å². The Morgan fingerprint density at radius 1 is 1.56 bits per heavy atom. The molecule has 0 aliphatic rings. The van der Waals surface area contributed by atoms with Crippen LogP contribution in [-0.2, 0) is 0 Å². The summed E-state index contributed by atoms with van der Waals surface area (Å²) in [6.07, 6.45) is 1.79. The van der Waals surface area contributed by atoms with E-state index in [1.165, 1.54) is 19.9 Å². The number of hydrogen-bond acceptors (Lipinski definition) is 0. The summed E-state index contributed by atoms with van der Waals surface area (Å²) in [6.45, 7) is 4.17. The first-order valence-electron chi connectivity index (χ1n) is 3.03. The van der Waals surface area contributed by atoms with Gasteiger partial charge in [-0.2, -0.15) is 0 Å². The van der Waals surface area contributed by atoms with Gasteiger partial charge in [0.05, 0.1) is 0 Å². The Bertz CT molecular complexity index is 109. The number of hydrogen-bond donors (Lipinski definition) is 0. The third-order valence-corrected chi connectivity index (χ3v) is 0.951. The summed E-state index contributed by atoms with van der Waals surface area (Å²) in [5, 5.41) is 0. The third-order valence-electron chi connectivity index (χ3n) is 0.951. The van der Waals surface area contributed by atoms with Crippen molar-refractivity contribution < 1.29 is 8.78 Å². The Morgan fingerprint density at radius 3 is 2.11 bits per heavy atom. The second kappa shape index (κ2) is 2.95. The fourth-order valence-corrected chi connectivity index (χ4v) is 0.422. The molecule has 0 nitrogen and oxygen atoms in total. The van der Waals surface area contributed by atoms with E-state index in [-0.39, 0.29) is 0 Å². The van der Waals surface area contributed by atoms with E-state index in [9.17, 15) is 8.78 Å². The normalized spacial score (nSPS) is 14.1. The van der Waals surface area contributed by atoms with Crippen LogP contribution in [-0.4, -0.2) is 5.67 Å². The molecule has 0 rings (SSSR count). The molecule has 0 heterocycles. The molecule has 0 spiro atoms. The molecular formula is C7H12F2. The van der Waals surface area contributed by atoms with Gasteiger partial charge in [0.15, 0.2) is 5.67 Å². The van der Waals surface area contributed by atoms with E-state index in [4.69, 9.17) is 0 Å². The van der Waals surface area contributed by atoms with Crippen LogP contribution in [0.25, 0.3) is 0 Å². The summed E-state index contributed by atoms with van der Waals surface area (Å²) < 4.78 is 24.9. The lowest BCUT2D eigenvalue weighted by atomic mass is 10.1. The number of halogens is 2. The van der Waals surface area contributed by atoms with Gasteiger partial charge in [-0.3, -0.25) is 0 Å². The second-order valence-electron chi connectivity index (χ2n) is 2.43. The summed E-state index contributed by atoms with van der Waals surface area (Å²) in [6, 6.07) is 0. The van der Waals surface area contributed by atoms with Crippen molar-refractivity contribution in [3.63, 3.8) is 0 Å². The van der Waals surface area contributed by atoms with Crippen LogP contribution in [0.5, 0.6) is 0 Å². The van der Waals surface area contributed by atoms with Gasteiger partial charge in [-0.1, -0.05) is 6.92 Å². The SMILES string of the molecule is CC/C=C(/F)C(C)(C)F. The molecule has 9 heavy (non-hydrogen) atoms. The van der Waals surface area contributed by atoms with Gasteiger partial charge in [0.1, 0.15) is 5.83 Å². The second-order valence-corrected chi connectivity index (χ2v) is 2.43. The monoisotopic (exact) mass is 134 g/mol. The molecule has 0 N–H and O–H groups in total. The molecule has 0 aliphatic carbocycles. The lowest BCUT2D eigenvalue weighted by molar-refractivity contribution is 0.223. The Balaban J connectivity index is 4.03. The van der Waals surface area contributed by atoms with Gasteiger partial charge >= 0.3 is 0 Å². The zero-order valence-electron chi connectivity index (χ0n) is 6.04. The van der Waals surface area contributed by atoms with Crippen molar-refractivity contribution in [1.29, 1.82) is 0 Å². The van der Waals surface area contributed by atoms with Gasteiger partial charge < -0.3 is 0 Å². The molecular weight excluding hydrogens is 122 g/mol. The zero-order chi connectivity index (χ0) is 7.49. The molecule has 0 fully saturated rings. The molecule has 0 aromatic rings. The van der Waals surface area contributed by atoms with Gasteiger partial charge in [0, 0.05) is 0 Å². The summed E-state index contributed by atoms with van der Waals surface area (Å²) in [5.41, 5.74) is -1.80. The van der Waals surface area contributed by atoms with Crippen molar-refractivity contribution in [3.8, 4) is 0 Å². The van der Waals surface area contributed by atoms with Crippen molar-refractivity contribution in [3.05, 3.63) is 11.9 Å². The lowest BCUT2D eigenvalue weighted by Gasteiger charge is -2.09. The van der Waals surface area contributed by atoms with Crippen molar-refractivity contribution >= 4 is 0 Å². The van der Waals surface area contributed by atoms with E-state index in [1.54, 1.807) is 6.92 Å². The highest BCUT2D eigenvalue weighted by molar-refractivity contribution is 5.04. The molecule has 0 atom stereocenters. The third kappa shape index (κ3) is 3.22. The molecule has 0 aromatic carbocycles. The maximum atomic E-state index is 12.5. The summed E-state index contributed by atoms with van der Waals surface area (Å²) in [7, 11) is 0. The Hall–Kier alpha value is -0.400. The summed E-state index contributed by atoms with van der Waals surface area (Å²) in [5.74, 6) is -0.676. The molecule has 2 heteroatoms. The van der Waals surface area contributed by atoms with Gasteiger partial charge in [0.25, 0.3) is 0 Å². The quantitative estimate of drug-likeness (QED) is 0.544. The largest absolute Gasteiger partial charge is 0.237 e. The first-order valence-corrected chi connectivity index (χ1v) is 3.03. The van der Waals surface area contributed by atoms with E-state index in [0.717, 1.165) is 0 Å². The highest BCUT2D eigenvalue weighted by Gasteiger charge is 2.20. The molecule has 0 bridgehead atoms. The fourth-order valence-electron chi connectivity index (χ4n) is 0.422. The molecule has 0 radical (unpaired) electrons. The highest BCUT2D eigenvalue weighted by atomic mass is 19.2. The van der Waals surface area contributed by atoms with Crippen LogP contribution in [0.1, 0.15) is 27.2 Å². The number of rotatable bonds is 2. The minimum atomic E-state index is -1.80. The number of allylic oxidation sites excluding steroid dienone is 2. The van der Waals surface area contributed by atoms with E-state index in [2.05, 4.69) is 0 Å². The van der Waals surface area contributed by atoms with Crippen LogP contribution < -0.4 is 0 Å². The van der Waals surface area contributed by atoms with Crippen LogP contribution in [0.15, 0.2) is 11.9 Å². The smallest absolute Gasteiger partial charge is 0.156 e. The standard InChI is InChI=1S/C7H12F2/c1-4-5-6(8)7(2,3)9/h5H,4H2,1-3H3/b6-5+. The molecule has 54 valence electrons. The highest BCUT2D eigenvalue weighted by Crippen LogP contribution is 2.21. The first kappa shape index (κ1) is 8.60. The Kier molecular flexibility index (Phi) is 2.82. The predicted octanol–water partition coefficient (Wildman–Crippen LogP) is 3.00. The van der Waals surface area contributed by atoms with Crippen molar-refractivity contribution in [2.24, 2.45) is 0 Å². The predicted molar refractivity (Wildman–Crippen MR) is 34.7 cm³/mol. The van der Waals surface area contributed by atoms with Gasteiger partial charge in [0.2, 0.25) is 0 Å². The zero-order valence-corrected chi connectivity index (χ0v) is 6.04. The molecule has 0 saturated carbocycles. The van der Waals surface area contributed by atoms with E-state index in [0.29, 0.717) is 6.42 Å². The van der Waals surface area contributed by atoms with Crippen molar-refractivity contribution in [2.45, 2.75) is 32.9 Å². The molecule has 0 saturated heterocycles. The maximum Gasteiger partial charge on any atom is 0.156 e. The van der Waals surface area contributed by atoms with Crippen molar-refractivity contribution in [1.82, 2.24) is 0 Å². The molecule has 0 aromatic heterocycles. The summed E-state index contributed by atoms with van der Waals surface area (Å²) in [4.78, 5) is 0. The minimum Gasteiger partial charge on any atom is -0.237 e. The van der Waals surface area contributed by atoms with E-state index < -0.39 is 11.5 Å². The van der Waals surface area contributed by atoms with Crippen LogP contribution in [0.4, 0.5) is 8.78 Å². The van der Waals surface area contributed by atoms with Gasteiger partial charge in [-0.15, -0.1) is 0 Å². The van der Waals surface area contributed by atoms with Crippen LogP contribution in [0, 0.1) is 0 Å². The average molecular weight is 134 g/mol. The van der Waals surface area contributed by atoms with E-state index >= 15 is 0 Å². The number of alkyl halides is 1. The van der Waals surface area contributed by atoms with Crippen molar-refractivity contribution in [2.75, 3.05) is 0 Å². The first-order chi connectivity index (χ1) is 3.98. The topological polar surface area (TPSA) is 0 Å². The van der Waals surface area contributed by atoms with E-state index in [1.807, 2.05) is 0 Å². The average Bonchev–Trinajstić information content (AvgIpc) is 1.64. The molecule has 0 unspecified atom stereocenters.